The van der Waals surface area contributed by atoms with Gasteiger partial charge in [0.1, 0.15) is 11.2 Å². The average molecular weight is 683 g/mol. The number of anilines is 3. The highest BCUT2D eigenvalue weighted by molar-refractivity contribution is 6.06. The predicted molar refractivity (Wildman–Crippen MR) is 216 cm³/mol. The Kier molecular flexibility index (Phi) is 7.08. The number of rotatable bonds is 5. The van der Waals surface area contributed by atoms with Crippen molar-refractivity contribution in [1.82, 2.24) is 15.0 Å². The van der Waals surface area contributed by atoms with E-state index in [1.54, 1.807) is 0 Å². The molecule has 0 N–H and O–H groups in total. The third kappa shape index (κ3) is 5.20. The third-order valence-electron chi connectivity index (χ3n) is 10.5. The molecular formula is C48H34N4O. The summed E-state index contributed by atoms with van der Waals surface area (Å²) >= 11 is 0. The van der Waals surface area contributed by atoms with Crippen LogP contribution in [0.15, 0.2) is 174 Å². The zero-order chi connectivity index (χ0) is 35.5. The first-order chi connectivity index (χ1) is 26.0. The first-order valence-electron chi connectivity index (χ1n) is 17.9. The van der Waals surface area contributed by atoms with Crippen molar-refractivity contribution in [1.29, 1.82) is 0 Å². The summed E-state index contributed by atoms with van der Waals surface area (Å²) < 4.78 is 6.14. The van der Waals surface area contributed by atoms with E-state index in [9.17, 15) is 0 Å². The van der Waals surface area contributed by atoms with Crippen molar-refractivity contribution < 1.29 is 4.42 Å². The number of nitrogens with zero attached hydrogens (tertiary/aromatic N) is 4. The van der Waals surface area contributed by atoms with Gasteiger partial charge in [0.15, 0.2) is 17.5 Å². The van der Waals surface area contributed by atoms with Crippen molar-refractivity contribution in [3.8, 4) is 45.3 Å². The summed E-state index contributed by atoms with van der Waals surface area (Å²) in [6.45, 7) is 4.66. The van der Waals surface area contributed by atoms with Gasteiger partial charge < -0.3 is 9.32 Å². The fourth-order valence-electron chi connectivity index (χ4n) is 7.76. The van der Waals surface area contributed by atoms with Gasteiger partial charge in [0.2, 0.25) is 0 Å². The SMILES string of the molecule is CC1(C)c2ccccc2N(c2ccc(-c3nc(-c4ccccc4)nc(-c4ccccc4)n3)cc2)c2ccc(-c3ccc4oc5ccccc5c4c3)cc21. The number of furan rings is 1. The van der Waals surface area contributed by atoms with Gasteiger partial charge in [0.05, 0.1) is 11.4 Å². The van der Waals surface area contributed by atoms with E-state index in [1.807, 2.05) is 72.8 Å². The topological polar surface area (TPSA) is 55.1 Å². The molecule has 0 radical (unpaired) electrons. The van der Waals surface area contributed by atoms with Gasteiger partial charge in [-0.25, -0.2) is 15.0 Å². The second kappa shape index (κ2) is 12.1. The molecule has 1 aliphatic heterocycles. The van der Waals surface area contributed by atoms with Crippen LogP contribution in [-0.2, 0) is 5.41 Å². The summed E-state index contributed by atoms with van der Waals surface area (Å²) in [5.41, 5.74) is 12.7. The summed E-state index contributed by atoms with van der Waals surface area (Å²) in [6.07, 6.45) is 0. The van der Waals surface area contributed by atoms with Crippen molar-refractivity contribution in [2.24, 2.45) is 0 Å². The Morgan fingerprint density at radius 2 is 0.925 bits per heavy atom. The molecule has 0 bridgehead atoms. The van der Waals surface area contributed by atoms with Crippen LogP contribution in [0.2, 0.25) is 0 Å². The Morgan fingerprint density at radius 3 is 1.62 bits per heavy atom. The van der Waals surface area contributed by atoms with E-state index in [4.69, 9.17) is 19.4 Å². The van der Waals surface area contributed by atoms with Crippen molar-refractivity contribution in [3.05, 3.63) is 181 Å². The van der Waals surface area contributed by atoms with Gasteiger partial charge in [-0.15, -0.1) is 0 Å². The fraction of sp³-hybridized carbons (Fsp3) is 0.0625. The molecule has 53 heavy (non-hydrogen) atoms. The van der Waals surface area contributed by atoms with E-state index in [-0.39, 0.29) is 5.41 Å². The minimum Gasteiger partial charge on any atom is -0.456 e. The largest absolute Gasteiger partial charge is 0.456 e. The Morgan fingerprint density at radius 1 is 0.415 bits per heavy atom. The molecule has 0 atom stereocenters. The highest BCUT2D eigenvalue weighted by Gasteiger charge is 2.37. The molecule has 0 spiro atoms. The second-order valence-electron chi connectivity index (χ2n) is 14.1. The van der Waals surface area contributed by atoms with Gasteiger partial charge in [0, 0.05) is 38.6 Å². The van der Waals surface area contributed by atoms with Crippen LogP contribution in [0.25, 0.3) is 67.2 Å². The number of para-hydroxylation sites is 2. The minimum absolute atomic E-state index is 0.225. The van der Waals surface area contributed by atoms with E-state index in [0.29, 0.717) is 17.5 Å². The molecule has 3 heterocycles. The summed E-state index contributed by atoms with van der Waals surface area (Å²) in [5.74, 6) is 1.93. The lowest BCUT2D eigenvalue weighted by Crippen LogP contribution is -2.30. The van der Waals surface area contributed by atoms with Crippen molar-refractivity contribution in [3.63, 3.8) is 0 Å². The molecule has 0 aliphatic carbocycles. The van der Waals surface area contributed by atoms with Crippen molar-refractivity contribution in [2.45, 2.75) is 19.3 Å². The molecule has 0 amide bonds. The standard InChI is InChI=1S/C48H34N4O/c1-48(2)39-18-10-11-19-41(39)52(42-27-23-35(30-40(42)48)34-24-28-44-38(29-34)37-17-9-12-20-43(37)53-44)36-25-21-33(22-26-36)47-50-45(31-13-5-3-6-14-31)49-46(51-47)32-15-7-4-8-16-32/h3-30H,1-2H3. The molecule has 0 unspecified atom stereocenters. The fourth-order valence-corrected chi connectivity index (χ4v) is 7.76. The Bertz CT molecular complexity index is 2750. The number of aromatic nitrogens is 3. The monoisotopic (exact) mass is 682 g/mol. The summed E-state index contributed by atoms with van der Waals surface area (Å²) in [4.78, 5) is 17.2. The van der Waals surface area contributed by atoms with Crippen LogP contribution in [0.4, 0.5) is 17.1 Å². The highest BCUT2D eigenvalue weighted by atomic mass is 16.3. The van der Waals surface area contributed by atoms with Crippen LogP contribution in [0, 0.1) is 0 Å². The van der Waals surface area contributed by atoms with Gasteiger partial charge in [-0.3, -0.25) is 0 Å². The lowest BCUT2D eigenvalue weighted by atomic mass is 9.73. The minimum atomic E-state index is -0.225. The van der Waals surface area contributed by atoms with Crippen LogP contribution in [0.3, 0.4) is 0 Å². The van der Waals surface area contributed by atoms with Crippen LogP contribution in [0.1, 0.15) is 25.0 Å². The third-order valence-corrected chi connectivity index (χ3v) is 10.5. The van der Waals surface area contributed by atoms with Crippen LogP contribution >= 0.6 is 0 Å². The maximum Gasteiger partial charge on any atom is 0.164 e. The van der Waals surface area contributed by atoms with Gasteiger partial charge in [-0.2, -0.15) is 0 Å². The zero-order valence-electron chi connectivity index (χ0n) is 29.4. The number of hydrogen-bond acceptors (Lipinski definition) is 5. The normalized spacial score (nSPS) is 13.2. The van der Waals surface area contributed by atoms with Crippen LogP contribution < -0.4 is 4.90 Å². The lowest BCUT2D eigenvalue weighted by molar-refractivity contribution is 0.632. The van der Waals surface area contributed by atoms with Gasteiger partial charge in [0.25, 0.3) is 0 Å². The molecule has 5 nitrogen and oxygen atoms in total. The maximum atomic E-state index is 6.14. The van der Waals surface area contributed by atoms with Crippen molar-refractivity contribution >= 4 is 39.0 Å². The summed E-state index contributed by atoms with van der Waals surface area (Å²) in [7, 11) is 0. The molecule has 9 aromatic rings. The lowest BCUT2D eigenvalue weighted by Gasteiger charge is -2.42. The van der Waals surface area contributed by atoms with E-state index >= 15 is 0 Å². The molecule has 5 heteroatoms. The molecule has 252 valence electrons. The molecule has 1 aliphatic rings. The number of hydrogen-bond donors (Lipinski definition) is 0. The highest BCUT2D eigenvalue weighted by Crippen LogP contribution is 2.52. The molecule has 2 aromatic heterocycles. The Labute approximate surface area is 307 Å². The molecule has 0 saturated heterocycles. The van der Waals surface area contributed by atoms with E-state index < -0.39 is 0 Å². The number of fused-ring (bicyclic) bond motifs is 5. The van der Waals surface area contributed by atoms with Crippen LogP contribution in [-0.4, -0.2) is 15.0 Å². The smallest absolute Gasteiger partial charge is 0.164 e. The first kappa shape index (κ1) is 30.9. The Hall–Kier alpha value is -6.85. The predicted octanol–water partition coefficient (Wildman–Crippen LogP) is 12.5. The average Bonchev–Trinajstić information content (AvgIpc) is 3.60. The van der Waals surface area contributed by atoms with E-state index in [0.717, 1.165) is 50.0 Å². The second-order valence-corrected chi connectivity index (χ2v) is 14.1. The van der Waals surface area contributed by atoms with Crippen LogP contribution in [0.5, 0.6) is 0 Å². The van der Waals surface area contributed by atoms with Gasteiger partial charge in [-0.05, 0) is 82.9 Å². The number of benzene rings is 7. The van der Waals surface area contributed by atoms with Gasteiger partial charge in [-0.1, -0.05) is 123 Å². The molecule has 0 saturated carbocycles. The Balaban J connectivity index is 1.07. The molecule has 7 aromatic carbocycles. The summed E-state index contributed by atoms with van der Waals surface area (Å²) in [6, 6.07) is 59.2. The first-order valence-corrected chi connectivity index (χ1v) is 17.9. The molecular weight excluding hydrogens is 649 g/mol. The maximum absolute atomic E-state index is 6.14. The molecule has 10 rings (SSSR count). The van der Waals surface area contributed by atoms with Gasteiger partial charge >= 0.3 is 0 Å². The summed E-state index contributed by atoms with van der Waals surface area (Å²) in [5, 5.41) is 2.27. The van der Waals surface area contributed by atoms with Crippen molar-refractivity contribution in [2.75, 3.05) is 4.90 Å². The van der Waals surface area contributed by atoms with E-state index in [2.05, 4.69) is 116 Å². The van der Waals surface area contributed by atoms with E-state index in [1.165, 1.54) is 27.9 Å². The quantitative estimate of drug-likeness (QED) is 0.181. The molecule has 0 fully saturated rings. The zero-order valence-corrected chi connectivity index (χ0v) is 29.4.